The molecule has 0 aliphatic carbocycles. The first-order valence-electron chi connectivity index (χ1n) is 4.09. The van der Waals surface area contributed by atoms with Crippen molar-refractivity contribution in [3.8, 4) is 0 Å². The summed E-state index contributed by atoms with van der Waals surface area (Å²) in [6, 6.07) is -0.201. The van der Waals surface area contributed by atoms with Gasteiger partial charge in [-0.2, -0.15) is 4.98 Å². The molecule has 3 N–H and O–H groups in total. The van der Waals surface area contributed by atoms with Crippen LogP contribution in [0.1, 0.15) is 13.3 Å². The molecule has 0 saturated carbocycles. The summed E-state index contributed by atoms with van der Waals surface area (Å²) in [6.07, 6.45) is 0.165. The van der Waals surface area contributed by atoms with Gasteiger partial charge in [-0.1, -0.05) is 11.6 Å². The molecule has 0 aliphatic rings. The highest BCUT2D eigenvalue weighted by molar-refractivity contribution is 6.32. The fraction of sp³-hybridized carbons (Fsp3) is 0.429. The Kier molecular flexibility index (Phi) is 4.05. The van der Waals surface area contributed by atoms with Crippen molar-refractivity contribution < 1.29 is 4.79 Å². The fourth-order valence-corrected chi connectivity index (χ4v) is 1.23. The van der Waals surface area contributed by atoms with E-state index < -0.39 is 5.91 Å². The molecule has 0 bridgehead atoms. The van der Waals surface area contributed by atoms with Crippen molar-refractivity contribution >= 4 is 34.9 Å². The third-order valence-electron chi connectivity index (χ3n) is 1.51. The maximum Gasteiger partial charge on any atom is 0.245 e. The number of aromatic nitrogens is 3. The van der Waals surface area contributed by atoms with Gasteiger partial charge in [0.15, 0.2) is 11.0 Å². The first kappa shape index (κ1) is 11.9. The van der Waals surface area contributed by atoms with Gasteiger partial charge in [-0.3, -0.25) is 4.79 Å². The van der Waals surface area contributed by atoms with Crippen molar-refractivity contribution in [2.45, 2.75) is 19.4 Å². The topological polar surface area (TPSA) is 93.8 Å². The number of nitrogens with one attached hydrogen (secondary N) is 1. The minimum atomic E-state index is -0.417. The third kappa shape index (κ3) is 3.85. The Bertz CT molecular complexity index is 372. The Morgan fingerprint density at radius 2 is 2.20 bits per heavy atom. The smallest absolute Gasteiger partial charge is 0.245 e. The molecule has 1 rings (SSSR count). The molecule has 1 aromatic rings. The van der Waals surface area contributed by atoms with Gasteiger partial charge in [0.2, 0.25) is 11.2 Å². The van der Waals surface area contributed by atoms with Gasteiger partial charge < -0.3 is 11.1 Å². The Morgan fingerprint density at radius 3 is 2.80 bits per heavy atom. The van der Waals surface area contributed by atoms with E-state index in [2.05, 4.69) is 20.5 Å². The number of nitrogens with two attached hydrogens (primary N) is 1. The molecular weight excluding hydrogens is 241 g/mol. The average Bonchev–Trinajstić information content (AvgIpc) is 2.10. The summed E-state index contributed by atoms with van der Waals surface area (Å²) in [6.45, 7) is 1.76. The van der Waals surface area contributed by atoms with Gasteiger partial charge in [-0.05, 0) is 18.5 Å². The van der Waals surface area contributed by atoms with Crippen molar-refractivity contribution in [3.63, 3.8) is 0 Å². The highest BCUT2D eigenvalue weighted by atomic mass is 35.5. The normalized spacial score (nSPS) is 12.2. The number of anilines is 1. The van der Waals surface area contributed by atoms with Crippen molar-refractivity contribution in [1.29, 1.82) is 0 Å². The summed E-state index contributed by atoms with van der Waals surface area (Å²) in [5.41, 5.74) is 5.03. The second kappa shape index (κ2) is 5.09. The number of carbonyl (C=O) groups is 1. The van der Waals surface area contributed by atoms with E-state index in [0.717, 1.165) is 0 Å². The number of hydrogen-bond donors (Lipinski definition) is 2. The Labute approximate surface area is 96.2 Å². The molecular formula is C7H9Cl2N5O. The van der Waals surface area contributed by atoms with Gasteiger partial charge >= 0.3 is 0 Å². The largest absolute Gasteiger partial charge is 0.370 e. The zero-order valence-electron chi connectivity index (χ0n) is 7.87. The Balaban J connectivity index is 2.71. The predicted octanol–water partition coefficient (Wildman–Crippen LogP) is 0.854. The molecule has 1 amide bonds. The number of halogens is 2. The van der Waals surface area contributed by atoms with Crippen LogP contribution in [0.4, 0.5) is 5.82 Å². The number of nitrogens with zero attached hydrogens (tertiary/aromatic N) is 3. The summed E-state index contributed by atoms with van der Waals surface area (Å²) in [5, 5.41) is 9.93. The molecule has 0 aliphatic heterocycles. The molecule has 0 spiro atoms. The number of rotatable bonds is 4. The van der Waals surface area contributed by atoms with Crippen LogP contribution in [-0.2, 0) is 4.79 Å². The first-order valence-corrected chi connectivity index (χ1v) is 4.85. The van der Waals surface area contributed by atoms with Crippen LogP contribution in [0.5, 0.6) is 0 Å². The SMILES string of the molecule is CC(CC(N)=O)Nc1nc(Cl)nnc1Cl. The predicted molar refractivity (Wildman–Crippen MR) is 56.7 cm³/mol. The van der Waals surface area contributed by atoms with Gasteiger partial charge in [0.25, 0.3) is 0 Å². The zero-order chi connectivity index (χ0) is 11.4. The lowest BCUT2D eigenvalue weighted by atomic mass is 10.2. The van der Waals surface area contributed by atoms with E-state index in [1.165, 1.54) is 0 Å². The molecule has 1 heterocycles. The number of amides is 1. The molecule has 0 aromatic carbocycles. The van der Waals surface area contributed by atoms with Crippen molar-refractivity contribution in [2.75, 3.05) is 5.32 Å². The Hall–Kier alpha value is -1.14. The highest BCUT2D eigenvalue weighted by Crippen LogP contribution is 2.17. The van der Waals surface area contributed by atoms with E-state index >= 15 is 0 Å². The van der Waals surface area contributed by atoms with Crippen LogP contribution in [-0.4, -0.2) is 27.1 Å². The number of primary amides is 1. The molecule has 1 aromatic heterocycles. The number of carbonyl (C=O) groups excluding carboxylic acids is 1. The van der Waals surface area contributed by atoms with E-state index in [-0.39, 0.29) is 28.7 Å². The van der Waals surface area contributed by atoms with Crippen LogP contribution >= 0.6 is 23.2 Å². The lowest BCUT2D eigenvalue weighted by Gasteiger charge is -2.12. The summed E-state index contributed by atoms with van der Waals surface area (Å²) in [7, 11) is 0. The van der Waals surface area contributed by atoms with Crippen LogP contribution < -0.4 is 11.1 Å². The van der Waals surface area contributed by atoms with Crippen LogP contribution in [0, 0.1) is 0 Å². The minimum absolute atomic E-state index is 0.0202. The molecule has 82 valence electrons. The lowest BCUT2D eigenvalue weighted by Crippen LogP contribution is -2.24. The first-order chi connectivity index (χ1) is 6.99. The van der Waals surface area contributed by atoms with E-state index in [0.29, 0.717) is 0 Å². The minimum Gasteiger partial charge on any atom is -0.370 e. The molecule has 0 radical (unpaired) electrons. The zero-order valence-corrected chi connectivity index (χ0v) is 9.38. The van der Waals surface area contributed by atoms with Crippen molar-refractivity contribution in [2.24, 2.45) is 5.73 Å². The second-order valence-corrected chi connectivity index (χ2v) is 3.63. The molecule has 0 saturated heterocycles. The highest BCUT2D eigenvalue weighted by Gasteiger charge is 2.11. The van der Waals surface area contributed by atoms with E-state index in [4.69, 9.17) is 28.9 Å². The Morgan fingerprint density at radius 1 is 1.53 bits per heavy atom. The second-order valence-electron chi connectivity index (χ2n) is 2.94. The molecule has 1 unspecified atom stereocenters. The quantitative estimate of drug-likeness (QED) is 0.826. The average molecular weight is 250 g/mol. The standard InChI is InChI=1S/C7H9Cl2N5O/c1-3(2-4(10)15)11-6-5(8)13-14-7(9)12-6/h3H,2H2,1H3,(H2,10,15)(H,11,12,14). The van der Waals surface area contributed by atoms with Gasteiger partial charge in [0.05, 0.1) is 0 Å². The van der Waals surface area contributed by atoms with E-state index in [1.807, 2.05) is 0 Å². The van der Waals surface area contributed by atoms with Gasteiger partial charge in [0, 0.05) is 12.5 Å². The fourth-order valence-electron chi connectivity index (χ4n) is 0.971. The maximum absolute atomic E-state index is 10.6. The number of hydrogen-bond acceptors (Lipinski definition) is 5. The molecule has 6 nitrogen and oxygen atoms in total. The monoisotopic (exact) mass is 249 g/mol. The summed E-state index contributed by atoms with van der Waals surface area (Å²) in [4.78, 5) is 14.4. The molecule has 1 atom stereocenters. The van der Waals surface area contributed by atoms with Crippen LogP contribution in [0.25, 0.3) is 0 Å². The molecule has 8 heteroatoms. The molecule has 0 fully saturated rings. The van der Waals surface area contributed by atoms with Gasteiger partial charge in [-0.25, -0.2) is 0 Å². The maximum atomic E-state index is 10.6. The summed E-state index contributed by atoms with van der Waals surface area (Å²) < 4.78 is 0. The van der Waals surface area contributed by atoms with Crippen LogP contribution in [0.2, 0.25) is 10.4 Å². The van der Waals surface area contributed by atoms with E-state index in [9.17, 15) is 4.79 Å². The molecule has 15 heavy (non-hydrogen) atoms. The van der Waals surface area contributed by atoms with E-state index in [1.54, 1.807) is 6.92 Å². The van der Waals surface area contributed by atoms with Gasteiger partial charge in [0.1, 0.15) is 0 Å². The van der Waals surface area contributed by atoms with Crippen LogP contribution in [0.3, 0.4) is 0 Å². The van der Waals surface area contributed by atoms with Crippen molar-refractivity contribution in [1.82, 2.24) is 15.2 Å². The summed E-state index contributed by atoms with van der Waals surface area (Å²) in [5.74, 6) is -0.135. The van der Waals surface area contributed by atoms with Crippen molar-refractivity contribution in [3.05, 3.63) is 10.4 Å². The van der Waals surface area contributed by atoms with Gasteiger partial charge in [-0.15, -0.1) is 10.2 Å². The van der Waals surface area contributed by atoms with Crippen LogP contribution in [0.15, 0.2) is 0 Å². The third-order valence-corrected chi connectivity index (χ3v) is 1.92. The summed E-state index contributed by atoms with van der Waals surface area (Å²) >= 11 is 11.2. The lowest BCUT2D eigenvalue weighted by molar-refractivity contribution is -0.118.